The first-order chi connectivity index (χ1) is 7.33. The Morgan fingerprint density at radius 1 is 0.733 bits per heavy atom. The molecule has 0 nitrogen and oxygen atoms in total. The Kier molecular flexibility index (Phi) is 4.27. The van der Waals surface area contributed by atoms with Crippen molar-refractivity contribution in [2.75, 3.05) is 0 Å². The van der Waals surface area contributed by atoms with Crippen LogP contribution in [0.15, 0.2) is 0 Å². The van der Waals surface area contributed by atoms with Gasteiger partial charge in [-0.25, -0.2) is 0 Å². The zero-order valence-corrected chi connectivity index (χ0v) is 13.9. The average Bonchev–Trinajstić information content (AvgIpc) is 2.92. The van der Waals surface area contributed by atoms with Crippen molar-refractivity contribution in [1.82, 2.24) is 0 Å². The molecule has 0 amide bonds. The van der Waals surface area contributed by atoms with Crippen molar-refractivity contribution in [3.8, 4) is 0 Å². The second-order valence-electron chi connectivity index (χ2n) is 7.04. The maximum absolute atomic E-state index is 2.56. The van der Waals surface area contributed by atoms with E-state index in [-0.39, 0.29) is 0 Å². The monoisotopic (exact) mass is 260 g/mol. The number of hydrogen-bond donors (Lipinski definition) is 0. The van der Waals surface area contributed by atoms with Crippen LogP contribution in [0.1, 0.15) is 65.2 Å². The first-order valence-electron chi connectivity index (χ1n) is 7.86. The summed E-state index contributed by atoms with van der Waals surface area (Å²) in [5, 5.41) is 3.32. The maximum atomic E-state index is 2.56. The second kappa shape index (κ2) is 5.30. The van der Waals surface area contributed by atoms with Crippen LogP contribution in [0.4, 0.5) is 0 Å². The van der Waals surface area contributed by atoms with E-state index in [4.69, 9.17) is 0 Å². The van der Waals surface area contributed by atoms with Gasteiger partial charge < -0.3 is 0 Å². The van der Waals surface area contributed by atoms with Gasteiger partial charge in [0.05, 0.1) is 0 Å². The van der Waals surface area contributed by atoms with Crippen LogP contribution in [-0.2, 0) is 14.8 Å². The van der Waals surface area contributed by atoms with Gasteiger partial charge in [0.1, 0.15) is 0 Å². The van der Waals surface area contributed by atoms with Crippen molar-refractivity contribution < 1.29 is 14.8 Å². The molecule has 0 spiro atoms. The van der Waals surface area contributed by atoms with E-state index in [1.54, 1.807) is 61.4 Å². The molecule has 2 saturated carbocycles. The van der Waals surface area contributed by atoms with E-state index >= 15 is 0 Å². The zero-order valence-electron chi connectivity index (χ0n) is 10.9. The third kappa shape index (κ3) is 2.19. The predicted molar refractivity (Wildman–Crippen MR) is 65.4 cm³/mol. The topological polar surface area (TPSA) is 0 Å². The summed E-state index contributed by atoms with van der Waals surface area (Å²) >= 11 is -1.81. The third-order valence-electron chi connectivity index (χ3n) is 7.11. The van der Waals surface area contributed by atoms with Crippen molar-refractivity contribution in [1.29, 1.82) is 0 Å². The predicted octanol–water partition coefficient (Wildman–Crippen LogP) is 5.74. The molecule has 2 fully saturated rings. The van der Waals surface area contributed by atoms with Gasteiger partial charge in [0.2, 0.25) is 0 Å². The third-order valence-corrected chi connectivity index (χ3v) is 28.0. The molecule has 1 heteroatoms. The second-order valence-corrected chi connectivity index (χ2v) is 23.4. The van der Waals surface area contributed by atoms with Crippen molar-refractivity contribution in [3.05, 3.63) is 0 Å². The van der Waals surface area contributed by atoms with Gasteiger partial charge in [-0.15, -0.1) is 0 Å². The fourth-order valence-corrected chi connectivity index (χ4v) is 25.7. The van der Waals surface area contributed by atoms with Crippen LogP contribution >= 0.6 is 0 Å². The van der Waals surface area contributed by atoms with Crippen LogP contribution in [-0.4, -0.2) is 0 Å². The van der Waals surface area contributed by atoms with Crippen LogP contribution in [0.2, 0.25) is 19.1 Å². The molecule has 0 aromatic rings. The molecule has 0 saturated heterocycles. The van der Waals surface area contributed by atoms with Gasteiger partial charge in [-0.2, -0.15) is 0 Å². The first-order valence-corrected chi connectivity index (χ1v) is 15.5. The van der Waals surface area contributed by atoms with Gasteiger partial charge in [0.15, 0.2) is 0 Å². The van der Waals surface area contributed by atoms with Crippen LogP contribution in [0.3, 0.4) is 0 Å². The Labute approximate surface area is 99.0 Å². The van der Waals surface area contributed by atoms with Gasteiger partial charge in [0.25, 0.3) is 0 Å². The Morgan fingerprint density at radius 2 is 1.07 bits per heavy atom. The molecule has 0 aliphatic heterocycles. The molecule has 0 unspecified atom stereocenters. The molecule has 15 heavy (non-hydrogen) atoms. The van der Waals surface area contributed by atoms with Gasteiger partial charge in [-0.05, 0) is 0 Å². The van der Waals surface area contributed by atoms with E-state index in [0.717, 1.165) is 0 Å². The molecular weight excluding hydrogens is 234 g/mol. The summed E-state index contributed by atoms with van der Waals surface area (Å²) in [7, 11) is 0. The van der Waals surface area contributed by atoms with Gasteiger partial charge in [-0.1, -0.05) is 0 Å². The van der Waals surface area contributed by atoms with Crippen molar-refractivity contribution in [2.45, 2.75) is 84.3 Å². The van der Waals surface area contributed by atoms with Crippen LogP contribution in [0.25, 0.3) is 0 Å². The molecule has 0 aromatic carbocycles. The van der Waals surface area contributed by atoms with Crippen LogP contribution in [0, 0.1) is 0 Å². The Balaban J connectivity index is 2.13. The average molecular weight is 262 g/mol. The van der Waals surface area contributed by atoms with Gasteiger partial charge >= 0.3 is 99.0 Å². The van der Waals surface area contributed by atoms with E-state index in [9.17, 15) is 0 Å². The Hall–Kier alpha value is 0.623. The normalized spacial score (nSPS) is 24.1. The molecule has 0 radical (unpaired) electrons. The fourth-order valence-electron chi connectivity index (χ4n) is 6.10. The summed E-state index contributed by atoms with van der Waals surface area (Å²) in [5.74, 6) is 0. The minimum atomic E-state index is -1.81. The summed E-state index contributed by atoms with van der Waals surface area (Å²) in [6.07, 6.45) is 12.8. The van der Waals surface area contributed by atoms with Crippen molar-refractivity contribution in [2.24, 2.45) is 0 Å². The minimum absolute atomic E-state index is 1.30. The number of hydrogen-bond acceptors (Lipinski definition) is 0. The van der Waals surface area contributed by atoms with E-state index in [0.29, 0.717) is 0 Å². The van der Waals surface area contributed by atoms with E-state index < -0.39 is 14.8 Å². The summed E-state index contributed by atoms with van der Waals surface area (Å²) in [4.78, 5) is 0. The van der Waals surface area contributed by atoms with Crippen LogP contribution < -0.4 is 0 Å². The molecule has 0 bridgehead atoms. The molecular formula is C14H28Zn. The van der Waals surface area contributed by atoms with Gasteiger partial charge in [0, 0.05) is 0 Å². The molecule has 0 aromatic heterocycles. The molecule has 0 atom stereocenters. The fraction of sp³-hybridized carbons (Fsp3) is 1.00. The Morgan fingerprint density at radius 3 is 1.33 bits per heavy atom. The molecule has 2 rings (SSSR count). The van der Waals surface area contributed by atoms with Crippen molar-refractivity contribution in [3.63, 3.8) is 0 Å². The zero-order chi connectivity index (χ0) is 10.7. The SMILES string of the molecule is C[CH2][Zn]([CH2]C)([CH]1CCCC1)[CH]1CCCC1. The molecule has 86 valence electrons. The Bertz CT molecular complexity index is 166. The van der Waals surface area contributed by atoms with E-state index in [1.807, 2.05) is 0 Å². The quantitative estimate of drug-likeness (QED) is 0.566. The number of rotatable bonds is 4. The molecule has 2 aliphatic rings. The van der Waals surface area contributed by atoms with Crippen molar-refractivity contribution >= 4 is 0 Å². The summed E-state index contributed by atoms with van der Waals surface area (Å²) in [5.41, 5.74) is 0. The molecule has 0 heterocycles. The van der Waals surface area contributed by atoms with E-state index in [1.165, 1.54) is 9.02 Å². The molecule has 2 aliphatic carbocycles. The molecule has 0 N–H and O–H groups in total. The summed E-state index contributed by atoms with van der Waals surface area (Å²) in [6, 6.07) is 0. The summed E-state index contributed by atoms with van der Waals surface area (Å²) < 4.78 is 2.60. The standard InChI is InChI=1S/2C5H9.2C2H5.Zn/c2*1-2-4-5-3-1;2*1-2;/h2*1H,2-5H2;2*1H2,2H3;. The summed E-state index contributed by atoms with van der Waals surface area (Å²) in [6.45, 7) is 5.11. The van der Waals surface area contributed by atoms with Crippen LogP contribution in [0.5, 0.6) is 0 Å². The van der Waals surface area contributed by atoms with E-state index in [2.05, 4.69) is 13.8 Å². The first kappa shape index (κ1) is 12.1. The van der Waals surface area contributed by atoms with Gasteiger partial charge in [-0.3, -0.25) is 0 Å².